The minimum absolute atomic E-state index is 0.0872. The monoisotopic (exact) mass is 406 g/mol. The first kappa shape index (κ1) is 21.9. The maximum absolute atomic E-state index is 5.99. The quantitative estimate of drug-likeness (QED) is 0.483. The van der Waals surface area contributed by atoms with E-state index in [1.54, 1.807) is 0 Å². The number of hydrogen-bond acceptors (Lipinski definition) is 4. The molecule has 0 N–H and O–H groups in total. The van der Waals surface area contributed by atoms with Gasteiger partial charge in [0.15, 0.2) is 0 Å². The highest BCUT2D eigenvalue weighted by molar-refractivity contribution is 8.07. The summed E-state index contributed by atoms with van der Waals surface area (Å²) in [6.45, 7) is 12.4. The van der Waals surface area contributed by atoms with Crippen molar-refractivity contribution in [1.29, 1.82) is 0 Å². The highest BCUT2D eigenvalue weighted by Gasteiger charge is 2.25. The molecule has 2 aromatic carbocycles. The molecular weight excluding hydrogens is 375 g/mol. The third-order valence-corrected chi connectivity index (χ3v) is 6.37. The van der Waals surface area contributed by atoms with Crippen molar-refractivity contribution in [2.24, 2.45) is 0 Å². The molecule has 0 atom stereocenters. The fourth-order valence-electron chi connectivity index (χ4n) is 2.52. The second-order valence-electron chi connectivity index (χ2n) is 8.60. The molecule has 2 aromatic rings. The zero-order valence-electron chi connectivity index (χ0n) is 17.4. The molecule has 0 aliphatic carbocycles. The van der Waals surface area contributed by atoms with E-state index < -0.39 is 6.72 Å². The van der Waals surface area contributed by atoms with E-state index in [0.29, 0.717) is 18.1 Å². The zero-order chi connectivity index (χ0) is 20.3. The molecule has 0 amide bonds. The molecule has 0 unspecified atom stereocenters. The van der Waals surface area contributed by atoms with Gasteiger partial charge in [-0.25, -0.2) is 0 Å². The SMILES string of the molecule is CCOP(=S)(Oc1ccc(C(C)(C)C)cc1)Oc1ccc(C(C)(C)C)cc1. The molecule has 148 valence electrons. The summed E-state index contributed by atoms with van der Waals surface area (Å²) in [5, 5.41) is 0. The van der Waals surface area contributed by atoms with Gasteiger partial charge in [0.2, 0.25) is 0 Å². The Hall–Kier alpha value is -1.35. The Bertz CT molecular complexity index is 721. The van der Waals surface area contributed by atoms with Crippen molar-refractivity contribution in [2.45, 2.75) is 59.3 Å². The highest BCUT2D eigenvalue weighted by Crippen LogP contribution is 2.50. The predicted molar refractivity (Wildman–Crippen MR) is 117 cm³/mol. The van der Waals surface area contributed by atoms with Crippen LogP contribution in [0, 0.1) is 0 Å². The first-order valence-electron chi connectivity index (χ1n) is 9.28. The molecule has 0 saturated carbocycles. The van der Waals surface area contributed by atoms with Crippen molar-refractivity contribution in [3.05, 3.63) is 59.7 Å². The number of hydrogen-bond donors (Lipinski definition) is 0. The summed E-state index contributed by atoms with van der Waals surface area (Å²) in [5.74, 6) is 1.32. The maximum Gasteiger partial charge on any atom is 0.434 e. The molecule has 0 spiro atoms. The third kappa shape index (κ3) is 6.34. The van der Waals surface area contributed by atoms with Gasteiger partial charge < -0.3 is 9.05 Å². The molecule has 5 heteroatoms. The van der Waals surface area contributed by atoms with Crippen molar-refractivity contribution in [3.63, 3.8) is 0 Å². The second kappa shape index (κ2) is 8.34. The Morgan fingerprint density at radius 2 is 1.04 bits per heavy atom. The van der Waals surface area contributed by atoms with Crippen LogP contribution in [0.15, 0.2) is 48.5 Å². The number of rotatable bonds is 6. The first-order chi connectivity index (χ1) is 12.4. The first-order valence-corrected chi connectivity index (χ1v) is 11.8. The molecule has 27 heavy (non-hydrogen) atoms. The van der Waals surface area contributed by atoms with E-state index in [-0.39, 0.29) is 10.8 Å². The normalized spacial score (nSPS) is 12.7. The van der Waals surface area contributed by atoms with Gasteiger partial charge in [0, 0.05) is 11.8 Å². The summed E-state index contributed by atoms with van der Waals surface area (Å²) < 4.78 is 17.7. The van der Waals surface area contributed by atoms with Crippen LogP contribution in [-0.2, 0) is 27.2 Å². The van der Waals surface area contributed by atoms with E-state index in [4.69, 9.17) is 25.4 Å². The molecule has 0 bridgehead atoms. The molecule has 2 rings (SSSR count). The van der Waals surface area contributed by atoms with Gasteiger partial charge in [0.1, 0.15) is 11.5 Å². The lowest BCUT2D eigenvalue weighted by molar-refractivity contribution is 0.276. The van der Waals surface area contributed by atoms with Crippen LogP contribution < -0.4 is 9.05 Å². The Labute approximate surface area is 169 Å². The van der Waals surface area contributed by atoms with Crippen molar-refractivity contribution >= 4 is 18.5 Å². The van der Waals surface area contributed by atoms with Crippen molar-refractivity contribution in [2.75, 3.05) is 6.61 Å². The van der Waals surface area contributed by atoms with Crippen LogP contribution in [0.4, 0.5) is 0 Å². The van der Waals surface area contributed by atoms with Crippen LogP contribution in [0.5, 0.6) is 11.5 Å². The van der Waals surface area contributed by atoms with E-state index in [9.17, 15) is 0 Å². The molecule has 0 heterocycles. The maximum atomic E-state index is 5.99. The van der Waals surface area contributed by atoms with Crippen LogP contribution in [-0.4, -0.2) is 6.61 Å². The van der Waals surface area contributed by atoms with Gasteiger partial charge in [-0.05, 0) is 53.1 Å². The lowest BCUT2D eigenvalue weighted by Crippen LogP contribution is -2.11. The van der Waals surface area contributed by atoms with Crippen LogP contribution in [0.1, 0.15) is 59.6 Å². The van der Waals surface area contributed by atoms with E-state index in [2.05, 4.69) is 65.8 Å². The van der Waals surface area contributed by atoms with Gasteiger partial charge in [0.25, 0.3) is 0 Å². The van der Waals surface area contributed by atoms with Gasteiger partial charge in [-0.2, -0.15) is 0 Å². The number of benzene rings is 2. The van der Waals surface area contributed by atoms with Gasteiger partial charge in [-0.15, -0.1) is 0 Å². The topological polar surface area (TPSA) is 27.7 Å². The largest absolute Gasteiger partial charge is 0.434 e. The molecule has 0 aliphatic heterocycles. The molecule has 0 fully saturated rings. The molecular formula is C22H31O3PS. The summed E-state index contributed by atoms with van der Waals surface area (Å²) >= 11 is 5.62. The molecule has 3 nitrogen and oxygen atoms in total. The van der Waals surface area contributed by atoms with Crippen molar-refractivity contribution in [1.82, 2.24) is 0 Å². The average molecular weight is 407 g/mol. The Morgan fingerprint density at radius 1 is 0.704 bits per heavy atom. The van der Waals surface area contributed by atoms with Crippen LogP contribution in [0.25, 0.3) is 0 Å². The fraction of sp³-hybridized carbons (Fsp3) is 0.455. The van der Waals surface area contributed by atoms with E-state index in [1.807, 2.05) is 31.2 Å². The third-order valence-electron chi connectivity index (χ3n) is 4.16. The van der Waals surface area contributed by atoms with Crippen molar-refractivity contribution < 1.29 is 13.6 Å². The standard InChI is InChI=1S/C22H31O3PS/c1-8-23-26(27,24-19-13-9-17(10-14-19)21(2,3)4)25-20-15-11-18(12-16-20)22(5,6)7/h9-16H,8H2,1-7H3. The van der Waals surface area contributed by atoms with Gasteiger partial charge in [-0.3, -0.25) is 4.52 Å². The predicted octanol–water partition coefficient (Wildman–Crippen LogP) is 7.00. The molecule has 0 radical (unpaired) electrons. The second-order valence-corrected chi connectivity index (χ2v) is 11.5. The fourth-order valence-corrected chi connectivity index (χ4v) is 4.57. The summed E-state index contributed by atoms with van der Waals surface area (Å²) in [7, 11) is 0. The van der Waals surface area contributed by atoms with Gasteiger partial charge in [0.05, 0.1) is 6.61 Å². The molecule has 0 aliphatic rings. The van der Waals surface area contributed by atoms with E-state index in [1.165, 1.54) is 11.1 Å². The Morgan fingerprint density at radius 3 is 1.30 bits per heavy atom. The van der Waals surface area contributed by atoms with Gasteiger partial charge >= 0.3 is 6.72 Å². The summed E-state index contributed by atoms with van der Waals surface area (Å²) in [6.07, 6.45) is 0. The average Bonchev–Trinajstić information content (AvgIpc) is 2.54. The van der Waals surface area contributed by atoms with Crippen LogP contribution >= 0.6 is 6.72 Å². The smallest absolute Gasteiger partial charge is 0.416 e. The van der Waals surface area contributed by atoms with Gasteiger partial charge in [-0.1, -0.05) is 65.8 Å². The lowest BCUT2D eigenvalue weighted by Gasteiger charge is -2.24. The van der Waals surface area contributed by atoms with Crippen molar-refractivity contribution in [3.8, 4) is 11.5 Å². The minimum Gasteiger partial charge on any atom is -0.416 e. The minimum atomic E-state index is -2.94. The summed E-state index contributed by atoms with van der Waals surface area (Å²) in [5.41, 5.74) is 2.64. The Kier molecular flexibility index (Phi) is 6.78. The molecule has 0 saturated heterocycles. The summed E-state index contributed by atoms with van der Waals surface area (Å²) in [6, 6.07) is 15.9. The van der Waals surface area contributed by atoms with E-state index in [0.717, 1.165) is 0 Å². The highest BCUT2D eigenvalue weighted by atomic mass is 32.5. The zero-order valence-corrected chi connectivity index (χ0v) is 19.1. The lowest BCUT2D eigenvalue weighted by atomic mass is 9.87. The van der Waals surface area contributed by atoms with Crippen LogP contribution in [0.3, 0.4) is 0 Å². The Balaban J connectivity index is 2.18. The molecule has 0 aromatic heterocycles. The van der Waals surface area contributed by atoms with Crippen LogP contribution in [0.2, 0.25) is 0 Å². The summed E-state index contributed by atoms with van der Waals surface area (Å²) in [4.78, 5) is 0. The van der Waals surface area contributed by atoms with E-state index >= 15 is 0 Å².